The number of nitrogens with two attached hydrogens (primary N) is 2. The second-order valence-corrected chi connectivity index (χ2v) is 10.00. The van der Waals surface area contributed by atoms with Crippen LogP contribution in [0.25, 0.3) is 21.9 Å². The first kappa shape index (κ1) is 21.9. The molecule has 1 unspecified atom stereocenters. The zero-order chi connectivity index (χ0) is 23.5. The van der Waals surface area contributed by atoms with Gasteiger partial charge in [-0.2, -0.15) is 0 Å². The Morgan fingerprint density at radius 1 is 1.18 bits per heavy atom. The zero-order valence-electron chi connectivity index (χ0n) is 18.2. The summed E-state index contributed by atoms with van der Waals surface area (Å²) in [6, 6.07) is 8.90. The summed E-state index contributed by atoms with van der Waals surface area (Å²) in [5, 5.41) is 24.1. The molecule has 3 aromatic heterocycles. The standard InChI is InChI=1S/C23H25BrN6O3/c1-22(10-33-13-4-3-12-7-15(24)20(26)29-16(12)8-13)9-17(18(31)23(22,2)32)30-6-5-14-19(25)27-11-28-21(14)30/h3-8,11,17-18,31-32H,9-10H2,1-2H3,(H2,26,29)(H2,25,27,28)/t17-,18+,22?,23+/m1/s1. The summed E-state index contributed by atoms with van der Waals surface area (Å²) in [6.45, 7) is 3.76. The predicted octanol–water partition coefficient (Wildman–Crippen LogP) is 3.05. The second kappa shape index (κ2) is 7.54. The third kappa shape index (κ3) is 3.40. The Balaban J connectivity index is 1.42. The first-order valence-corrected chi connectivity index (χ1v) is 11.4. The third-order valence-corrected chi connectivity index (χ3v) is 7.68. The molecule has 0 radical (unpaired) electrons. The van der Waals surface area contributed by atoms with E-state index in [1.807, 2.05) is 48.0 Å². The van der Waals surface area contributed by atoms with Crippen molar-refractivity contribution in [2.24, 2.45) is 5.41 Å². The summed E-state index contributed by atoms with van der Waals surface area (Å²) < 4.78 is 8.71. The van der Waals surface area contributed by atoms with E-state index in [2.05, 4.69) is 30.9 Å². The maximum Gasteiger partial charge on any atom is 0.145 e. The molecule has 10 heteroatoms. The number of anilines is 2. The molecular formula is C23H25BrN6O3. The molecule has 0 saturated heterocycles. The van der Waals surface area contributed by atoms with Crippen LogP contribution in [0, 0.1) is 5.41 Å². The number of ether oxygens (including phenoxy) is 1. The molecule has 0 amide bonds. The van der Waals surface area contributed by atoms with Crippen LogP contribution in [0.2, 0.25) is 0 Å². The fraction of sp³-hybridized carbons (Fsp3) is 0.348. The lowest BCUT2D eigenvalue weighted by molar-refractivity contribution is -0.118. The molecule has 3 heterocycles. The van der Waals surface area contributed by atoms with Crippen LogP contribution in [0.5, 0.6) is 5.75 Å². The normalized spacial score (nSPS) is 27.4. The van der Waals surface area contributed by atoms with Crippen molar-refractivity contribution in [2.45, 2.75) is 38.0 Å². The van der Waals surface area contributed by atoms with Gasteiger partial charge in [0, 0.05) is 23.1 Å². The average molecular weight is 513 g/mol. The molecular weight excluding hydrogens is 488 g/mol. The molecule has 5 rings (SSSR count). The molecule has 0 spiro atoms. The van der Waals surface area contributed by atoms with E-state index in [1.165, 1.54) is 6.33 Å². The van der Waals surface area contributed by atoms with Crippen molar-refractivity contribution >= 4 is 49.5 Å². The number of pyridine rings is 1. The maximum absolute atomic E-state index is 11.4. The number of nitrogen functional groups attached to an aromatic ring is 2. The van der Waals surface area contributed by atoms with E-state index in [0.29, 0.717) is 40.4 Å². The van der Waals surface area contributed by atoms with E-state index in [-0.39, 0.29) is 6.61 Å². The summed E-state index contributed by atoms with van der Waals surface area (Å²) in [7, 11) is 0. The van der Waals surface area contributed by atoms with E-state index in [4.69, 9.17) is 16.2 Å². The number of nitrogens with zero attached hydrogens (tertiary/aromatic N) is 4. The summed E-state index contributed by atoms with van der Waals surface area (Å²) in [6.07, 6.45) is 2.66. The summed E-state index contributed by atoms with van der Waals surface area (Å²) in [5.74, 6) is 1.39. The highest BCUT2D eigenvalue weighted by Crippen LogP contribution is 2.52. The Morgan fingerprint density at radius 2 is 1.97 bits per heavy atom. The van der Waals surface area contributed by atoms with Crippen LogP contribution >= 0.6 is 15.9 Å². The van der Waals surface area contributed by atoms with Crippen LogP contribution in [0.4, 0.5) is 11.6 Å². The van der Waals surface area contributed by atoms with Gasteiger partial charge in [-0.3, -0.25) is 0 Å². The van der Waals surface area contributed by atoms with Gasteiger partial charge in [0.15, 0.2) is 0 Å². The fourth-order valence-electron chi connectivity index (χ4n) is 4.69. The number of halogens is 1. The minimum atomic E-state index is -1.41. The Hall–Kier alpha value is -2.95. The number of hydrogen-bond acceptors (Lipinski definition) is 8. The summed E-state index contributed by atoms with van der Waals surface area (Å²) in [5.41, 5.74) is 11.1. The van der Waals surface area contributed by atoms with Gasteiger partial charge in [-0.15, -0.1) is 0 Å². The smallest absolute Gasteiger partial charge is 0.145 e. The molecule has 4 atom stereocenters. The van der Waals surface area contributed by atoms with Gasteiger partial charge in [-0.05, 0) is 53.5 Å². The Morgan fingerprint density at radius 3 is 2.76 bits per heavy atom. The number of aromatic nitrogens is 4. The van der Waals surface area contributed by atoms with Gasteiger partial charge in [0.05, 0.1) is 33.6 Å². The largest absolute Gasteiger partial charge is 0.493 e. The highest BCUT2D eigenvalue weighted by atomic mass is 79.9. The van der Waals surface area contributed by atoms with Crippen molar-refractivity contribution in [2.75, 3.05) is 18.1 Å². The van der Waals surface area contributed by atoms with Gasteiger partial charge in [0.1, 0.15) is 35.5 Å². The van der Waals surface area contributed by atoms with Crippen LogP contribution in [-0.4, -0.2) is 48.0 Å². The van der Waals surface area contributed by atoms with Crippen molar-refractivity contribution in [3.8, 4) is 5.75 Å². The van der Waals surface area contributed by atoms with Gasteiger partial charge >= 0.3 is 0 Å². The Labute approximate surface area is 198 Å². The minimum Gasteiger partial charge on any atom is -0.493 e. The SMILES string of the molecule is CC1(COc2ccc3cc(Br)c(N)nc3c2)C[C@@H](n2ccc3c(N)ncnc32)[C@H](O)[C@]1(C)O. The molecule has 6 N–H and O–H groups in total. The van der Waals surface area contributed by atoms with Crippen molar-refractivity contribution < 1.29 is 14.9 Å². The van der Waals surface area contributed by atoms with Gasteiger partial charge in [-0.25, -0.2) is 15.0 Å². The number of hydrogen-bond donors (Lipinski definition) is 4. The summed E-state index contributed by atoms with van der Waals surface area (Å²) >= 11 is 3.39. The first-order valence-electron chi connectivity index (χ1n) is 10.6. The van der Waals surface area contributed by atoms with E-state index in [1.54, 1.807) is 6.92 Å². The molecule has 4 aromatic rings. The lowest BCUT2D eigenvalue weighted by atomic mass is 9.77. The lowest BCUT2D eigenvalue weighted by Crippen LogP contribution is -2.50. The third-order valence-electron chi connectivity index (χ3n) is 7.05. The van der Waals surface area contributed by atoms with Crippen LogP contribution in [0.1, 0.15) is 26.3 Å². The van der Waals surface area contributed by atoms with Crippen molar-refractivity contribution in [3.05, 3.63) is 47.3 Å². The van der Waals surface area contributed by atoms with Crippen LogP contribution in [-0.2, 0) is 0 Å². The minimum absolute atomic E-state index is 0.196. The Bertz CT molecular complexity index is 1370. The second-order valence-electron chi connectivity index (χ2n) is 9.14. The average Bonchev–Trinajstić information content (AvgIpc) is 3.28. The monoisotopic (exact) mass is 512 g/mol. The topological polar surface area (TPSA) is 145 Å². The van der Waals surface area contributed by atoms with E-state index in [0.717, 1.165) is 9.86 Å². The highest BCUT2D eigenvalue weighted by Gasteiger charge is 2.59. The van der Waals surface area contributed by atoms with Gasteiger partial charge in [0.25, 0.3) is 0 Å². The van der Waals surface area contributed by atoms with E-state index >= 15 is 0 Å². The number of fused-ring (bicyclic) bond motifs is 2. The van der Waals surface area contributed by atoms with E-state index < -0.39 is 23.2 Å². The van der Waals surface area contributed by atoms with Crippen LogP contribution in [0.3, 0.4) is 0 Å². The van der Waals surface area contributed by atoms with Gasteiger partial charge in [-0.1, -0.05) is 6.92 Å². The van der Waals surface area contributed by atoms with Crippen LogP contribution < -0.4 is 16.2 Å². The Kier molecular flexibility index (Phi) is 5.00. The lowest BCUT2D eigenvalue weighted by Gasteiger charge is -2.37. The molecule has 1 aliphatic carbocycles. The number of rotatable bonds is 4. The van der Waals surface area contributed by atoms with Crippen molar-refractivity contribution in [1.29, 1.82) is 0 Å². The molecule has 1 aliphatic rings. The zero-order valence-corrected chi connectivity index (χ0v) is 19.8. The fourth-order valence-corrected chi connectivity index (χ4v) is 5.03. The molecule has 1 saturated carbocycles. The molecule has 172 valence electrons. The molecule has 1 aromatic carbocycles. The number of aliphatic hydroxyl groups is 2. The van der Waals surface area contributed by atoms with Crippen molar-refractivity contribution in [1.82, 2.24) is 19.5 Å². The number of benzene rings is 1. The van der Waals surface area contributed by atoms with Gasteiger partial charge < -0.3 is 31.0 Å². The molecule has 33 heavy (non-hydrogen) atoms. The number of aliphatic hydroxyl groups excluding tert-OH is 1. The molecule has 0 bridgehead atoms. The predicted molar refractivity (Wildman–Crippen MR) is 130 cm³/mol. The van der Waals surface area contributed by atoms with E-state index in [9.17, 15) is 10.2 Å². The van der Waals surface area contributed by atoms with Crippen molar-refractivity contribution in [3.63, 3.8) is 0 Å². The van der Waals surface area contributed by atoms with Crippen LogP contribution in [0.15, 0.2) is 47.3 Å². The first-order chi connectivity index (χ1) is 15.6. The molecule has 0 aliphatic heterocycles. The summed E-state index contributed by atoms with van der Waals surface area (Å²) in [4.78, 5) is 12.8. The molecule has 9 nitrogen and oxygen atoms in total. The molecule has 1 fully saturated rings. The maximum atomic E-state index is 11.4. The van der Waals surface area contributed by atoms with Gasteiger partial charge in [0.2, 0.25) is 0 Å². The quantitative estimate of drug-likeness (QED) is 0.326. The highest BCUT2D eigenvalue weighted by molar-refractivity contribution is 9.10.